The van der Waals surface area contributed by atoms with Crippen LogP contribution in [0, 0.1) is 29.3 Å². The van der Waals surface area contributed by atoms with Gasteiger partial charge in [-0.05, 0) is 47.9 Å². The molecule has 1 aromatic heterocycles. The molecule has 0 saturated carbocycles. The first-order valence-electron chi connectivity index (χ1n) is 9.05. The van der Waals surface area contributed by atoms with Crippen LogP contribution in [0.2, 0.25) is 0 Å². The lowest BCUT2D eigenvalue weighted by atomic mass is 10.1. The predicted octanol–water partition coefficient (Wildman–Crippen LogP) is 5.26. The molecule has 148 valence electrons. The van der Waals surface area contributed by atoms with Crippen molar-refractivity contribution in [1.29, 1.82) is 0 Å². The van der Waals surface area contributed by atoms with E-state index in [2.05, 4.69) is 21.8 Å². The zero-order valence-electron chi connectivity index (χ0n) is 15.9. The Hall–Kier alpha value is -3.69. The molecule has 0 spiro atoms. The van der Waals surface area contributed by atoms with E-state index in [9.17, 15) is 13.2 Å². The Bertz CT molecular complexity index is 1270. The van der Waals surface area contributed by atoms with Crippen LogP contribution in [0.3, 0.4) is 0 Å². The number of hydrogen-bond acceptors (Lipinski definition) is 3. The first-order chi connectivity index (χ1) is 14.5. The Balaban J connectivity index is 1.56. The molecule has 3 aromatic carbocycles. The average molecular weight is 404 g/mol. The highest BCUT2D eigenvalue weighted by molar-refractivity contribution is 5.84. The summed E-state index contributed by atoms with van der Waals surface area (Å²) in [6, 6.07) is 12.9. The van der Waals surface area contributed by atoms with Crippen molar-refractivity contribution in [3.63, 3.8) is 0 Å². The smallest absolute Gasteiger partial charge is 0.195 e. The van der Waals surface area contributed by atoms with Crippen molar-refractivity contribution >= 4 is 10.8 Å². The second kappa shape index (κ2) is 8.36. The minimum absolute atomic E-state index is 0.0142. The van der Waals surface area contributed by atoms with E-state index < -0.39 is 17.5 Å². The summed E-state index contributed by atoms with van der Waals surface area (Å²) in [6.45, 7) is 0.456. The van der Waals surface area contributed by atoms with Crippen LogP contribution in [-0.2, 0) is 11.3 Å². The van der Waals surface area contributed by atoms with Gasteiger partial charge in [0.05, 0.1) is 6.61 Å². The van der Waals surface area contributed by atoms with E-state index in [-0.39, 0.29) is 10.8 Å². The van der Waals surface area contributed by atoms with Crippen LogP contribution in [0.15, 0.2) is 60.9 Å². The first-order valence-corrected chi connectivity index (χ1v) is 9.05. The van der Waals surface area contributed by atoms with Gasteiger partial charge in [0.2, 0.25) is 0 Å². The number of ether oxygens (including phenoxy) is 1. The molecule has 0 unspecified atom stereocenters. The monoisotopic (exact) mass is 404 g/mol. The molecule has 4 rings (SSSR count). The molecule has 0 amide bonds. The lowest BCUT2D eigenvalue weighted by molar-refractivity contribution is 0.184. The molecule has 0 aliphatic carbocycles. The van der Waals surface area contributed by atoms with Gasteiger partial charge in [-0.2, -0.15) is 0 Å². The number of aromatic nitrogens is 2. The molecular formula is C24H15F3N2O. The summed E-state index contributed by atoms with van der Waals surface area (Å²) < 4.78 is 45.7. The number of fused-ring (bicyclic) bond motifs is 1. The maximum atomic E-state index is 13.8. The molecule has 0 radical (unpaired) electrons. The third kappa shape index (κ3) is 4.02. The minimum atomic E-state index is -1.47. The molecule has 0 saturated heterocycles. The third-order valence-electron chi connectivity index (χ3n) is 4.48. The van der Waals surface area contributed by atoms with Gasteiger partial charge in [-0.25, -0.2) is 23.1 Å². The van der Waals surface area contributed by atoms with Gasteiger partial charge in [0.1, 0.15) is 0 Å². The van der Waals surface area contributed by atoms with Gasteiger partial charge in [0.25, 0.3) is 0 Å². The van der Waals surface area contributed by atoms with Gasteiger partial charge >= 0.3 is 0 Å². The Morgan fingerprint density at radius 2 is 1.50 bits per heavy atom. The van der Waals surface area contributed by atoms with E-state index >= 15 is 0 Å². The maximum absolute atomic E-state index is 13.8. The molecule has 0 aliphatic rings. The van der Waals surface area contributed by atoms with Crippen molar-refractivity contribution in [1.82, 2.24) is 9.97 Å². The largest absolute Gasteiger partial charge is 0.380 e. The van der Waals surface area contributed by atoms with Crippen molar-refractivity contribution in [2.75, 3.05) is 7.11 Å². The predicted molar refractivity (Wildman–Crippen MR) is 108 cm³/mol. The topological polar surface area (TPSA) is 35.0 Å². The fraction of sp³-hybridized carbons (Fsp3) is 0.0833. The van der Waals surface area contributed by atoms with E-state index in [0.717, 1.165) is 22.8 Å². The summed E-state index contributed by atoms with van der Waals surface area (Å²) in [7, 11) is 1.61. The molecule has 0 fully saturated rings. The molecular weight excluding hydrogens is 389 g/mol. The van der Waals surface area contributed by atoms with E-state index in [1.54, 1.807) is 25.6 Å². The first kappa shape index (κ1) is 19.6. The van der Waals surface area contributed by atoms with Gasteiger partial charge in [0.15, 0.2) is 23.3 Å². The Morgan fingerprint density at radius 3 is 2.20 bits per heavy atom. The van der Waals surface area contributed by atoms with Crippen molar-refractivity contribution in [2.45, 2.75) is 6.61 Å². The lowest BCUT2D eigenvalue weighted by Crippen LogP contribution is -1.94. The Morgan fingerprint density at radius 1 is 0.833 bits per heavy atom. The highest BCUT2D eigenvalue weighted by atomic mass is 19.2. The number of halogens is 3. The van der Waals surface area contributed by atoms with Crippen LogP contribution in [-0.4, -0.2) is 17.1 Å². The van der Waals surface area contributed by atoms with Crippen LogP contribution in [0.5, 0.6) is 0 Å². The molecule has 0 atom stereocenters. The molecule has 6 heteroatoms. The second-order valence-electron chi connectivity index (χ2n) is 6.60. The summed E-state index contributed by atoms with van der Waals surface area (Å²) >= 11 is 0. The summed E-state index contributed by atoms with van der Waals surface area (Å²) in [6.07, 6.45) is 3.44. The number of nitrogens with zero attached hydrogens (tertiary/aromatic N) is 2. The highest BCUT2D eigenvalue weighted by Crippen LogP contribution is 2.24. The van der Waals surface area contributed by atoms with Crippen molar-refractivity contribution < 1.29 is 17.9 Å². The van der Waals surface area contributed by atoms with Crippen LogP contribution in [0.4, 0.5) is 13.2 Å². The molecule has 30 heavy (non-hydrogen) atoms. The summed E-state index contributed by atoms with van der Waals surface area (Å²) in [5.74, 6) is 2.66. The van der Waals surface area contributed by atoms with E-state index in [1.807, 2.05) is 24.3 Å². The van der Waals surface area contributed by atoms with Crippen LogP contribution >= 0.6 is 0 Å². The quantitative estimate of drug-likeness (QED) is 0.345. The zero-order valence-corrected chi connectivity index (χ0v) is 15.9. The normalized spacial score (nSPS) is 10.7. The van der Waals surface area contributed by atoms with Gasteiger partial charge in [-0.1, -0.05) is 17.9 Å². The van der Waals surface area contributed by atoms with E-state index in [0.29, 0.717) is 18.0 Å². The fourth-order valence-corrected chi connectivity index (χ4v) is 2.97. The lowest BCUT2D eigenvalue weighted by Gasteiger charge is -2.03. The molecule has 4 aromatic rings. The fourth-order valence-electron chi connectivity index (χ4n) is 2.97. The van der Waals surface area contributed by atoms with Gasteiger partial charge in [-0.15, -0.1) is 0 Å². The highest BCUT2D eigenvalue weighted by Gasteiger charge is 2.13. The average Bonchev–Trinajstić information content (AvgIpc) is 2.77. The van der Waals surface area contributed by atoms with Crippen molar-refractivity contribution in [3.05, 3.63) is 95.1 Å². The number of hydrogen-bond donors (Lipinski definition) is 0. The van der Waals surface area contributed by atoms with Crippen LogP contribution in [0.1, 0.15) is 16.7 Å². The third-order valence-corrected chi connectivity index (χ3v) is 4.48. The van der Waals surface area contributed by atoms with Crippen molar-refractivity contribution in [3.8, 4) is 23.2 Å². The van der Waals surface area contributed by atoms with Gasteiger partial charge < -0.3 is 4.74 Å². The summed E-state index contributed by atoms with van der Waals surface area (Å²) in [4.78, 5) is 8.65. The number of methoxy groups -OCH3 is 1. The number of benzene rings is 3. The number of rotatable bonds is 3. The Labute approximate surface area is 171 Å². The maximum Gasteiger partial charge on any atom is 0.195 e. The Kier molecular flexibility index (Phi) is 5.46. The standard InChI is InChI=1S/C24H15F3N2O/c1-30-14-17-12-28-24(29-13-17)18-7-4-15(5-8-18)2-3-16-6-9-20-19(10-16)11-21(25)23(27)22(20)26/h4-13H,14H2,1H3. The molecule has 1 heterocycles. The van der Waals surface area contributed by atoms with E-state index in [4.69, 9.17) is 4.74 Å². The summed E-state index contributed by atoms with van der Waals surface area (Å²) in [5, 5.41) is 0.267. The van der Waals surface area contributed by atoms with Crippen molar-refractivity contribution in [2.24, 2.45) is 0 Å². The van der Waals surface area contributed by atoms with Crippen LogP contribution in [0.25, 0.3) is 22.2 Å². The summed E-state index contributed by atoms with van der Waals surface area (Å²) in [5.41, 5.74) is 3.06. The second-order valence-corrected chi connectivity index (χ2v) is 6.60. The van der Waals surface area contributed by atoms with Crippen LogP contribution < -0.4 is 0 Å². The van der Waals surface area contributed by atoms with Gasteiger partial charge in [0, 0.05) is 47.1 Å². The minimum Gasteiger partial charge on any atom is -0.380 e. The zero-order chi connectivity index (χ0) is 21.1. The molecule has 0 aliphatic heterocycles. The SMILES string of the molecule is COCc1cnc(-c2ccc(C#Cc3ccc4c(F)c(F)c(F)cc4c3)cc2)nc1. The molecule has 3 nitrogen and oxygen atoms in total. The molecule has 0 bridgehead atoms. The van der Waals surface area contributed by atoms with Gasteiger partial charge in [-0.3, -0.25) is 0 Å². The molecule has 0 N–H and O–H groups in total. The van der Waals surface area contributed by atoms with E-state index in [1.165, 1.54) is 12.1 Å².